The van der Waals surface area contributed by atoms with Gasteiger partial charge in [0.2, 0.25) is 10.0 Å². The molecule has 1 aliphatic rings. The van der Waals surface area contributed by atoms with E-state index in [4.69, 9.17) is 9.68 Å². The fourth-order valence-electron chi connectivity index (χ4n) is 2.93. The van der Waals surface area contributed by atoms with Crippen molar-refractivity contribution in [2.45, 2.75) is 30.7 Å². The Morgan fingerprint density at radius 2 is 2.00 bits per heavy atom. The van der Waals surface area contributed by atoms with Crippen LogP contribution in [0.2, 0.25) is 0 Å². The number of nitrogens with one attached hydrogen (secondary N) is 1. The summed E-state index contributed by atoms with van der Waals surface area (Å²) in [6.45, 7) is 2.38. The summed E-state index contributed by atoms with van der Waals surface area (Å²) in [5.41, 5.74) is 0.307. The van der Waals surface area contributed by atoms with Crippen LogP contribution >= 0.6 is 0 Å². The van der Waals surface area contributed by atoms with E-state index >= 15 is 0 Å². The summed E-state index contributed by atoms with van der Waals surface area (Å²) in [5.74, 6) is 0.627. The standard InChI is InChI=1S/C18H19N3O4S/c1-13-5-6-17(25-13)18(22)20-15-7-9-21(10-8-15)26(23,24)16-4-2-3-14(11-16)12-19/h2-6,11,15H,7-10H2,1H3,(H,20,22). The minimum absolute atomic E-state index is 0.107. The number of nitriles is 1. The van der Waals surface area contributed by atoms with Gasteiger partial charge in [0.25, 0.3) is 5.91 Å². The third-order valence-corrected chi connectivity index (χ3v) is 6.25. The first-order valence-electron chi connectivity index (χ1n) is 8.28. The molecule has 7 nitrogen and oxygen atoms in total. The topological polar surface area (TPSA) is 103 Å². The second kappa shape index (κ2) is 7.32. The fraction of sp³-hybridized carbons (Fsp3) is 0.333. The number of amides is 1. The van der Waals surface area contributed by atoms with E-state index in [2.05, 4.69) is 5.32 Å². The average Bonchev–Trinajstić information content (AvgIpc) is 3.09. The maximum absolute atomic E-state index is 12.7. The van der Waals surface area contributed by atoms with E-state index < -0.39 is 10.0 Å². The number of hydrogen-bond donors (Lipinski definition) is 1. The van der Waals surface area contributed by atoms with E-state index in [0.29, 0.717) is 37.3 Å². The first kappa shape index (κ1) is 18.2. The van der Waals surface area contributed by atoms with Gasteiger partial charge in [-0.25, -0.2) is 8.42 Å². The van der Waals surface area contributed by atoms with E-state index in [1.807, 2.05) is 6.07 Å². The van der Waals surface area contributed by atoms with E-state index in [1.165, 1.54) is 16.4 Å². The smallest absolute Gasteiger partial charge is 0.287 e. The zero-order chi connectivity index (χ0) is 18.7. The number of piperidine rings is 1. The van der Waals surface area contributed by atoms with Crippen LogP contribution < -0.4 is 5.32 Å². The van der Waals surface area contributed by atoms with Gasteiger partial charge in [-0.2, -0.15) is 9.57 Å². The number of furan rings is 1. The van der Waals surface area contributed by atoms with Crippen LogP contribution in [0, 0.1) is 18.3 Å². The van der Waals surface area contributed by atoms with Crippen LogP contribution in [0.5, 0.6) is 0 Å². The molecule has 0 bridgehead atoms. The summed E-state index contributed by atoms with van der Waals surface area (Å²) >= 11 is 0. The first-order valence-corrected chi connectivity index (χ1v) is 9.72. The zero-order valence-corrected chi connectivity index (χ0v) is 15.1. The molecule has 0 radical (unpaired) electrons. The number of sulfonamides is 1. The predicted octanol–water partition coefficient (Wildman–Crippen LogP) is 2.04. The van der Waals surface area contributed by atoms with E-state index in [0.717, 1.165) is 0 Å². The number of hydrogen-bond acceptors (Lipinski definition) is 5. The lowest BCUT2D eigenvalue weighted by Gasteiger charge is -2.31. The molecule has 0 saturated carbocycles. The van der Waals surface area contributed by atoms with E-state index in [1.54, 1.807) is 31.2 Å². The summed E-state index contributed by atoms with van der Waals surface area (Å²) < 4.78 is 32.1. The molecule has 0 atom stereocenters. The van der Waals surface area contributed by atoms with Gasteiger partial charge in [0, 0.05) is 19.1 Å². The SMILES string of the molecule is Cc1ccc(C(=O)NC2CCN(S(=O)(=O)c3cccc(C#N)c3)CC2)o1. The fourth-order valence-corrected chi connectivity index (χ4v) is 4.44. The van der Waals surface area contributed by atoms with Gasteiger partial charge in [0.05, 0.1) is 16.5 Å². The highest BCUT2D eigenvalue weighted by atomic mass is 32.2. The quantitative estimate of drug-likeness (QED) is 0.883. The van der Waals surface area contributed by atoms with Crippen LogP contribution in [-0.4, -0.2) is 37.8 Å². The number of benzene rings is 1. The van der Waals surface area contributed by atoms with Crippen molar-refractivity contribution in [3.63, 3.8) is 0 Å². The predicted molar refractivity (Wildman–Crippen MR) is 93.8 cm³/mol. The normalized spacial score (nSPS) is 16.2. The van der Waals surface area contributed by atoms with Crippen molar-refractivity contribution < 1.29 is 17.6 Å². The Kier molecular flexibility index (Phi) is 5.11. The highest BCUT2D eigenvalue weighted by molar-refractivity contribution is 7.89. The third kappa shape index (κ3) is 3.79. The number of aryl methyl sites for hydroxylation is 1. The zero-order valence-electron chi connectivity index (χ0n) is 14.3. The van der Waals surface area contributed by atoms with Crippen LogP contribution in [0.25, 0.3) is 0 Å². The van der Waals surface area contributed by atoms with E-state index in [9.17, 15) is 13.2 Å². The molecular weight excluding hydrogens is 354 g/mol. The Balaban J connectivity index is 1.62. The van der Waals surface area contributed by atoms with Gasteiger partial charge in [-0.1, -0.05) is 6.07 Å². The van der Waals surface area contributed by atoms with E-state index in [-0.39, 0.29) is 22.6 Å². The summed E-state index contributed by atoms with van der Waals surface area (Å²) in [6, 6.07) is 11.2. The lowest BCUT2D eigenvalue weighted by Crippen LogP contribution is -2.46. The molecule has 2 aromatic rings. The molecule has 1 amide bonds. The molecule has 3 rings (SSSR count). The lowest BCUT2D eigenvalue weighted by atomic mass is 10.1. The molecule has 0 aliphatic carbocycles. The first-order chi connectivity index (χ1) is 12.4. The van der Waals surface area contributed by atoms with Gasteiger partial charge in [0.15, 0.2) is 5.76 Å². The molecule has 1 aliphatic heterocycles. The monoisotopic (exact) mass is 373 g/mol. The minimum Gasteiger partial charge on any atom is -0.456 e. The van der Waals surface area contributed by atoms with Gasteiger partial charge in [-0.3, -0.25) is 4.79 Å². The van der Waals surface area contributed by atoms with Crippen LogP contribution in [-0.2, 0) is 10.0 Å². The van der Waals surface area contributed by atoms with Crippen LogP contribution in [0.1, 0.15) is 34.7 Å². The van der Waals surface area contributed by atoms with Crippen LogP contribution in [0.15, 0.2) is 45.7 Å². The van der Waals surface area contributed by atoms with Gasteiger partial charge in [0.1, 0.15) is 5.76 Å². The van der Waals surface area contributed by atoms with Gasteiger partial charge < -0.3 is 9.73 Å². The third-order valence-electron chi connectivity index (χ3n) is 4.35. The highest BCUT2D eigenvalue weighted by Crippen LogP contribution is 2.22. The molecule has 0 unspecified atom stereocenters. The largest absolute Gasteiger partial charge is 0.456 e. The highest BCUT2D eigenvalue weighted by Gasteiger charge is 2.30. The number of nitrogens with zero attached hydrogens (tertiary/aromatic N) is 2. The van der Waals surface area contributed by atoms with Gasteiger partial charge >= 0.3 is 0 Å². The number of rotatable bonds is 4. The Bertz CT molecular complexity index is 951. The Morgan fingerprint density at radius 1 is 1.27 bits per heavy atom. The molecule has 1 fully saturated rings. The summed E-state index contributed by atoms with van der Waals surface area (Å²) in [7, 11) is -3.64. The number of carbonyl (C=O) groups is 1. The summed E-state index contributed by atoms with van der Waals surface area (Å²) in [6.07, 6.45) is 1.03. The average molecular weight is 373 g/mol. The van der Waals surface area contributed by atoms with Crippen LogP contribution in [0.3, 0.4) is 0 Å². The second-order valence-corrected chi connectivity index (χ2v) is 8.14. The summed E-state index contributed by atoms with van der Waals surface area (Å²) in [4.78, 5) is 12.2. The van der Waals surface area contributed by atoms with Crippen molar-refractivity contribution >= 4 is 15.9 Å². The maximum atomic E-state index is 12.7. The minimum atomic E-state index is -3.64. The molecule has 0 spiro atoms. The molecule has 1 saturated heterocycles. The number of carbonyl (C=O) groups excluding carboxylic acids is 1. The van der Waals surface area contributed by atoms with Gasteiger partial charge in [-0.05, 0) is 50.1 Å². The Morgan fingerprint density at radius 3 is 2.62 bits per heavy atom. The molecular formula is C18H19N3O4S. The van der Waals surface area contributed by atoms with Crippen molar-refractivity contribution in [2.75, 3.05) is 13.1 Å². The Hall–Kier alpha value is -2.63. The van der Waals surface area contributed by atoms with Crippen molar-refractivity contribution in [3.8, 4) is 6.07 Å². The molecule has 26 heavy (non-hydrogen) atoms. The molecule has 8 heteroatoms. The van der Waals surface area contributed by atoms with Gasteiger partial charge in [-0.15, -0.1) is 0 Å². The molecule has 136 valence electrons. The lowest BCUT2D eigenvalue weighted by molar-refractivity contribution is 0.0894. The Labute approximate surface area is 152 Å². The van der Waals surface area contributed by atoms with Crippen molar-refractivity contribution in [3.05, 3.63) is 53.5 Å². The molecule has 1 aromatic heterocycles. The summed E-state index contributed by atoms with van der Waals surface area (Å²) in [5, 5.41) is 11.8. The second-order valence-electron chi connectivity index (χ2n) is 6.20. The van der Waals surface area contributed by atoms with Crippen molar-refractivity contribution in [1.29, 1.82) is 5.26 Å². The van der Waals surface area contributed by atoms with Crippen molar-refractivity contribution in [2.24, 2.45) is 0 Å². The molecule has 1 aromatic carbocycles. The van der Waals surface area contributed by atoms with Crippen LogP contribution in [0.4, 0.5) is 0 Å². The molecule has 2 heterocycles. The maximum Gasteiger partial charge on any atom is 0.287 e. The molecule has 1 N–H and O–H groups in total. The van der Waals surface area contributed by atoms with Crippen molar-refractivity contribution in [1.82, 2.24) is 9.62 Å².